The molecule has 0 unspecified atom stereocenters. The van der Waals surface area contributed by atoms with Gasteiger partial charge in [-0.15, -0.1) is 0 Å². The number of fused-ring (bicyclic) bond motifs is 1. The summed E-state index contributed by atoms with van der Waals surface area (Å²) in [5.74, 6) is 0.851. The topological polar surface area (TPSA) is 107 Å². The zero-order valence-corrected chi connectivity index (χ0v) is 26.6. The van der Waals surface area contributed by atoms with Crippen LogP contribution in [0.4, 0.5) is 0 Å². The first-order chi connectivity index (χ1) is 21.1. The maximum absolute atomic E-state index is 12.7. The Morgan fingerprint density at radius 2 is 1.68 bits per heavy atom. The molecule has 1 aromatic heterocycles. The molecule has 5 rings (SSSR count). The lowest BCUT2D eigenvalue weighted by Gasteiger charge is -2.27. The summed E-state index contributed by atoms with van der Waals surface area (Å²) >= 11 is 5.93. The van der Waals surface area contributed by atoms with Crippen molar-refractivity contribution >= 4 is 27.5 Å². The van der Waals surface area contributed by atoms with Gasteiger partial charge in [0, 0.05) is 35.4 Å². The van der Waals surface area contributed by atoms with Crippen molar-refractivity contribution in [3.05, 3.63) is 112 Å². The number of aliphatic hydroxyl groups is 1. The normalized spacial score (nSPS) is 14.6. The van der Waals surface area contributed by atoms with E-state index in [2.05, 4.69) is 29.0 Å². The molecule has 44 heavy (non-hydrogen) atoms. The van der Waals surface area contributed by atoms with Crippen LogP contribution in [-0.2, 0) is 40.6 Å². The number of ether oxygens (including phenoxy) is 2. The third-order valence-corrected chi connectivity index (χ3v) is 9.92. The zero-order chi connectivity index (χ0) is 31.4. The quantitative estimate of drug-likeness (QED) is 0.208. The fourth-order valence-electron chi connectivity index (χ4n) is 6.14. The van der Waals surface area contributed by atoms with Crippen LogP contribution in [0, 0.1) is 18.8 Å². The summed E-state index contributed by atoms with van der Waals surface area (Å²) < 4.78 is 40.6. The van der Waals surface area contributed by atoms with Crippen molar-refractivity contribution < 1.29 is 27.8 Å². The molecule has 0 aliphatic heterocycles. The number of aromatic nitrogens is 1. The van der Waals surface area contributed by atoms with E-state index in [0.717, 1.165) is 24.8 Å². The number of hydrogen-bond donors (Lipinski definition) is 2. The Hall–Kier alpha value is -3.79. The number of hydrogen-bond acceptors (Lipinski definition) is 6. The fourth-order valence-corrected chi connectivity index (χ4v) is 7.43. The number of carbonyl (C=O) groups excluding carboxylic acids is 1. The second-order valence-electron chi connectivity index (χ2n) is 11.4. The molecule has 4 aromatic rings. The Morgan fingerprint density at radius 1 is 1.02 bits per heavy atom. The lowest BCUT2D eigenvalue weighted by molar-refractivity contribution is -0.118. The Morgan fingerprint density at radius 3 is 2.30 bits per heavy atom. The van der Waals surface area contributed by atoms with Crippen LogP contribution < -0.4 is 14.2 Å². The molecule has 0 bridgehead atoms. The Kier molecular flexibility index (Phi) is 9.68. The van der Waals surface area contributed by atoms with Crippen LogP contribution in [-0.4, -0.2) is 38.2 Å². The number of sulfonamides is 1. The third-order valence-electron chi connectivity index (χ3n) is 8.31. The number of nitrogens with zero attached hydrogens (tertiary/aromatic N) is 1. The Bertz CT molecular complexity index is 1700. The SMILES string of the molecule is COc1cc([C@@H](O)[C@@H](CC2Cc3ccccc3C2)Cn2ccc(CC(=O)NS(=O)(=O)c3cccc(Cl)c3)c2)cc(OC)c1C. The fraction of sp³-hybridized carbons (Fsp3) is 0.324. The van der Waals surface area contributed by atoms with Gasteiger partial charge in [0.05, 0.1) is 31.6 Å². The molecule has 0 fully saturated rings. The van der Waals surface area contributed by atoms with E-state index in [0.29, 0.717) is 35.1 Å². The molecule has 232 valence electrons. The minimum absolute atomic E-state index is 0.0776. The van der Waals surface area contributed by atoms with Crippen LogP contribution in [0.2, 0.25) is 5.02 Å². The van der Waals surface area contributed by atoms with Gasteiger partial charge in [-0.3, -0.25) is 4.79 Å². The molecule has 0 saturated carbocycles. The van der Waals surface area contributed by atoms with Crippen molar-refractivity contribution in [1.82, 2.24) is 9.29 Å². The summed E-state index contributed by atoms with van der Waals surface area (Å²) in [6.07, 6.45) is 5.44. The van der Waals surface area contributed by atoms with Gasteiger partial charge >= 0.3 is 0 Å². The van der Waals surface area contributed by atoms with Crippen molar-refractivity contribution in [1.29, 1.82) is 0 Å². The largest absolute Gasteiger partial charge is 0.496 e. The van der Waals surface area contributed by atoms with Gasteiger partial charge in [0.2, 0.25) is 5.91 Å². The molecule has 0 radical (unpaired) electrons. The maximum atomic E-state index is 12.7. The van der Waals surface area contributed by atoms with Crippen LogP contribution in [0.5, 0.6) is 11.5 Å². The standard InChI is InChI=1S/C34H37ClN2O6S/c1-22-31(42-2)17-27(18-32(22)43-3)34(39)28(15-24-13-25-7-4-5-8-26(25)14-24)21-37-12-11-23(20-37)16-33(38)36-44(40,41)30-10-6-9-29(35)19-30/h4-12,17-20,24,28,34,39H,13-16,21H2,1-3H3,(H,36,38)/t28-,34+/m0/s1. The number of halogens is 1. The van der Waals surface area contributed by atoms with Crippen molar-refractivity contribution in [3.8, 4) is 11.5 Å². The molecule has 2 atom stereocenters. The molecule has 3 aromatic carbocycles. The van der Waals surface area contributed by atoms with Crippen molar-refractivity contribution in [2.24, 2.45) is 11.8 Å². The van der Waals surface area contributed by atoms with Gasteiger partial charge in [0.25, 0.3) is 10.0 Å². The highest BCUT2D eigenvalue weighted by Gasteiger charge is 2.30. The molecule has 1 heterocycles. The lowest BCUT2D eigenvalue weighted by Crippen LogP contribution is -2.31. The van der Waals surface area contributed by atoms with E-state index in [1.165, 1.54) is 29.3 Å². The first-order valence-corrected chi connectivity index (χ1v) is 16.4. The summed E-state index contributed by atoms with van der Waals surface area (Å²) in [4.78, 5) is 12.6. The highest BCUT2D eigenvalue weighted by atomic mass is 35.5. The molecular formula is C34H37ClN2O6S. The second-order valence-corrected chi connectivity index (χ2v) is 13.5. The molecular weight excluding hydrogens is 600 g/mol. The Labute approximate surface area is 263 Å². The zero-order valence-electron chi connectivity index (χ0n) is 25.0. The van der Waals surface area contributed by atoms with E-state index in [4.69, 9.17) is 21.1 Å². The third kappa shape index (κ3) is 7.29. The summed E-state index contributed by atoms with van der Waals surface area (Å²) in [5, 5.41) is 12.1. The van der Waals surface area contributed by atoms with Crippen LogP contribution >= 0.6 is 11.6 Å². The summed E-state index contributed by atoms with van der Waals surface area (Å²) in [6, 6.07) is 19.7. The number of methoxy groups -OCH3 is 2. The average molecular weight is 637 g/mol. The average Bonchev–Trinajstić information content (AvgIpc) is 3.62. The van der Waals surface area contributed by atoms with Crippen molar-refractivity contribution in [3.63, 3.8) is 0 Å². The monoisotopic (exact) mass is 636 g/mol. The number of benzene rings is 3. The van der Waals surface area contributed by atoms with Crippen LogP contribution in [0.15, 0.2) is 84.0 Å². The van der Waals surface area contributed by atoms with E-state index < -0.39 is 22.0 Å². The molecule has 1 aliphatic rings. The highest BCUT2D eigenvalue weighted by molar-refractivity contribution is 7.90. The minimum atomic E-state index is -4.05. The van der Waals surface area contributed by atoms with Gasteiger partial charge in [0.15, 0.2) is 0 Å². The summed E-state index contributed by atoms with van der Waals surface area (Å²) in [7, 11) is -0.851. The van der Waals surface area contributed by atoms with Gasteiger partial charge in [-0.1, -0.05) is 41.9 Å². The molecule has 10 heteroatoms. The van der Waals surface area contributed by atoms with E-state index in [1.807, 2.05) is 36.0 Å². The molecule has 1 aliphatic carbocycles. The number of rotatable bonds is 12. The molecule has 2 N–H and O–H groups in total. The predicted octanol–water partition coefficient (Wildman–Crippen LogP) is 5.67. The van der Waals surface area contributed by atoms with Gasteiger partial charge in [0.1, 0.15) is 11.5 Å². The van der Waals surface area contributed by atoms with Crippen molar-refractivity contribution in [2.45, 2.75) is 50.2 Å². The molecule has 1 amide bonds. The number of carbonyl (C=O) groups is 1. The lowest BCUT2D eigenvalue weighted by atomic mass is 9.85. The van der Waals surface area contributed by atoms with E-state index >= 15 is 0 Å². The number of amides is 1. The predicted molar refractivity (Wildman–Crippen MR) is 170 cm³/mol. The molecule has 0 saturated heterocycles. The van der Waals surface area contributed by atoms with Gasteiger partial charge in [-0.05, 0) is 90.8 Å². The van der Waals surface area contributed by atoms with Gasteiger partial charge in [-0.25, -0.2) is 13.1 Å². The summed E-state index contributed by atoms with van der Waals surface area (Å²) in [6.45, 7) is 2.41. The van der Waals surface area contributed by atoms with Crippen molar-refractivity contribution in [2.75, 3.05) is 14.2 Å². The smallest absolute Gasteiger partial charge is 0.264 e. The summed E-state index contributed by atoms with van der Waals surface area (Å²) in [5.41, 5.74) is 4.93. The molecule has 0 spiro atoms. The number of nitrogens with one attached hydrogen (secondary N) is 1. The van der Waals surface area contributed by atoms with E-state index in [9.17, 15) is 18.3 Å². The number of aliphatic hydroxyl groups excluding tert-OH is 1. The second kappa shape index (κ2) is 13.5. The minimum Gasteiger partial charge on any atom is -0.496 e. The first kappa shape index (κ1) is 31.6. The van der Waals surface area contributed by atoms with Crippen LogP contribution in [0.25, 0.3) is 0 Å². The van der Waals surface area contributed by atoms with E-state index in [1.54, 1.807) is 26.4 Å². The maximum Gasteiger partial charge on any atom is 0.264 e. The van der Waals surface area contributed by atoms with E-state index in [-0.39, 0.29) is 22.3 Å². The van der Waals surface area contributed by atoms with Crippen LogP contribution in [0.1, 0.15) is 40.3 Å². The first-order valence-electron chi connectivity index (χ1n) is 14.5. The van der Waals surface area contributed by atoms with Crippen LogP contribution in [0.3, 0.4) is 0 Å². The van der Waals surface area contributed by atoms with Gasteiger partial charge < -0.3 is 19.1 Å². The molecule has 8 nitrogen and oxygen atoms in total. The highest BCUT2D eigenvalue weighted by Crippen LogP contribution is 2.39. The Balaban J connectivity index is 1.33. The van der Waals surface area contributed by atoms with Gasteiger partial charge in [-0.2, -0.15) is 0 Å².